The van der Waals surface area contributed by atoms with Gasteiger partial charge in [-0.1, -0.05) is 34.3 Å². The van der Waals surface area contributed by atoms with Gasteiger partial charge in [0.15, 0.2) is 0 Å². The summed E-state index contributed by atoms with van der Waals surface area (Å²) in [5, 5.41) is 4.64. The summed E-state index contributed by atoms with van der Waals surface area (Å²) in [6.45, 7) is 14.6. The predicted octanol–water partition coefficient (Wildman–Crippen LogP) is 7.08. The van der Waals surface area contributed by atoms with Gasteiger partial charge in [0.2, 0.25) is 17.7 Å². The lowest BCUT2D eigenvalue weighted by Gasteiger charge is -2.36. The number of hydrazine groups is 1. The molecule has 3 saturated heterocycles. The number of cyclic esters (lactones) is 1. The molecule has 3 fully saturated rings. The summed E-state index contributed by atoms with van der Waals surface area (Å²) in [6, 6.07) is 7.15. The van der Waals surface area contributed by atoms with E-state index in [4.69, 9.17) is 14.5 Å². The quantitative estimate of drug-likeness (QED) is 0.0943. The number of methoxy groups -OCH3 is 1. The SMILES string of the molecule is C=CC(=O)N1CC[C@H](CN(C)[C@H](C(=O)N2CC2[C@H]2Cc3csc(n3)-c3ccc4c(c3)c(c(-c3cccnc3[C@H](C)OC)n4CC(F)(F)F)CC(C)(C)COC(=O)[C@@H]3CCCN(N3)C2=O)C(C)C)C1. The number of ether oxygens (including phenoxy) is 2. The average molecular weight is 961 g/mol. The molecule has 7 heterocycles. The molecular weight excluding hydrogens is 898 g/mol. The Bertz CT molecular complexity index is 2560. The van der Waals surface area contributed by atoms with E-state index in [0.29, 0.717) is 95.2 Å². The van der Waals surface area contributed by atoms with E-state index in [0.717, 1.165) is 6.42 Å². The number of rotatable bonds is 11. The first-order valence-electron chi connectivity index (χ1n) is 23.6. The minimum atomic E-state index is -4.57. The lowest BCUT2D eigenvalue weighted by atomic mass is 9.84. The number of hydrogen-bond acceptors (Lipinski definition) is 11. The third-order valence-corrected chi connectivity index (χ3v) is 14.9. The van der Waals surface area contributed by atoms with E-state index < -0.39 is 54.3 Å². The normalized spacial score (nSPS) is 23.2. The molecule has 1 aromatic carbocycles. The Morgan fingerprint density at radius 3 is 2.63 bits per heavy atom. The van der Waals surface area contributed by atoms with Crippen LogP contribution in [0.5, 0.6) is 0 Å². The monoisotopic (exact) mass is 960 g/mol. The number of esters is 1. The number of fused-ring (bicyclic) bond motifs is 6. The molecule has 1 unspecified atom stereocenters. The molecule has 366 valence electrons. The minimum Gasteiger partial charge on any atom is -0.464 e. The molecule has 68 heavy (non-hydrogen) atoms. The zero-order valence-electron chi connectivity index (χ0n) is 40.0. The fourth-order valence-electron chi connectivity index (χ4n) is 10.5. The summed E-state index contributed by atoms with van der Waals surface area (Å²) in [6.07, 6.45) is 0.0817. The van der Waals surface area contributed by atoms with E-state index in [9.17, 15) is 32.3 Å². The molecule has 4 aliphatic rings. The molecule has 0 radical (unpaired) electrons. The van der Waals surface area contributed by atoms with Crippen LogP contribution >= 0.6 is 11.3 Å². The molecule has 6 atom stereocenters. The van der Waals surface area contributed by atoms with Gasteiger partial charge >= 0.3 is 12.1 Å². The van der Waals surface area contributed by atoms with Crippen LogP contribution in [0.15, 0.2) is 54.6 Å². The van der Waals surface area contributed by atoms with Crippen LogP contribution in [0.3, 0.4) is 0 Å². The Labute approximate surface area is 399 Å². The lowest BCUT2D eigenvalue weighted by molar-refractivity contribution is -0.155. The first kappa shape index (κ1) is 49.3. The Hall–Kier alpha value is -5.17. The Balaban J connectivity index is 1.16. The molecular formula is C50H63F3N8O6S. The summed E-state index contributed by atoms with van der Waals surface area (Å²) < 4.78 is 57.0. The average Bonchev–Trinajstić information content (AvgIpc) is 3.56. The molecule has 0 spiro atoms. The number of benzene rings is 1. The van der Waals surface area contributed by atoms with Gasteiger partial charge in [0.05, 0.1) is 47.8 Å². The number of thiazole rings is 1. The fourth-order valence-corrected chi connectivity index (χ4v) is 11.4. The van der Waals surface area contributed by atoms with Crippen molar-refractivity contribution >= 4 is 45.9 Å². The number of aromatic nitrogens is 3. The highest BCUT2D eigenvalue weighted by atomic mass is 32.1. The van der Waals surface area contributed by atoms with Crippen molar-refractivity contribution in [2.75, 3.05) is 53.5 Å². The molecule has 18 heteroatoms. The molecule has 4 aromatic rings. The van der Waals surface area contributed by atoms with Crippen LogP contribution in [0.1, 0.15) is 76.9 Å². The zero-order valence-corrected chi connectivity index (χ0v) is 40.8. The third-order valence-electron chi connectivity index (χ3n) is 14.0. The molecule has 6 bridgehead atoms. The van der Waals surface area contributed by atoms with Crippen LogP contribution in [-0.4, -0.2) is 136 Å². The van der Waals surface area contributed by atoms with Crippen LogP contribution in [0.2, 0.25) is 0 Å². The number of carbonyl (C=O) groups is 4. The Kier molecular flexibility index (Phi) is 14.3. The number of amides is 3. The predicted molar refractivity (Wildman–Crippen MR) is 253 cm³/mol. The van der Waals surface area contributed by atoms with E-state index in [1.165, 1.54) is 34.1 Å². The first-order chi connectivity index (χ1) is 32.3. The van der Waals surface area contributed by atoms with Gasteiger partial charge in [-0.05, 0) is 93.5 Å². The summed E-state index contributed by atoms with van der Waals surface area (Å²) in [4.78, 5) is 70.8. The van der Waals surface area contributed by atoms with Gasteiger partial charge < -0.3 is 23.8 Å². The van der Waals surface area contributed by atoms with Crippen molar-refractivity contribution in [2.45, 2.75) is 104 Å². The number of hydrogen-bond donors (Lipinski definition) is 1. The van der Waals surface area contributed by atoms with Crippen molar-refractivity contribution < 1.29 is 41.8 Å². The summed E-state index contributed by atoms with van der Waals surface area (Å²) in [5.41, 5.74) is 6.12. The van der Waals surface area contributed by atoms with Crippen LogP contribution in [0.25, 0.3) is 32.7 Å². The van der Waals surface area contributed by atoms with Crippen molar-refractivity contribution in [3.63, 3.8) is 0 Å². The highest BCUT2D eigenvalue weighted by Crippen LogP contribution is 2.44. The molecule has 4 aliphatic heterocycles. The standard InChI is InChI=1S/C50H63F3N8O6S/c1-9-41(62)58-19-16-31(24-58)23-57(7)43(29(2)3)47(64)59-25-40(59)36-21-33-26-68-45(55-33)32-14-15-39-35(20-32)37(22-49(5,6)28-67-48(65)38-13-11-18-61(56-38)46(36)63)44(60(39)27-50(51,52)53)34-12-10-17-54-42(34)30(4)66-8/h9-10,12,14-15,17,20,26,29-31,36,38,40,43,56H,1,11,13,16,18-19,21-25,27-28H2,2-8H3/t30-,31+,36+,38-,40?,43-,59?/m0/s1. The second kappa shape index (κ2) is 19.7. The van der Waals surface area contributed by atoms with Gasteiger partial charge in [0.25, 0.3) is 0 Å². The number of nitrogens with one attached hydrogen (secondary N) is 1. The van der Waals surface area contributed by atoms with Crippen molar-refractivity contribution in [1.82, 2.24) is 39.7 Å². The van der Waals surface area contributed by atoms with Gasteiger partial charge in [-0.3, -0.25) is 34.1 Å². The van der Waals surface area contributed by atoms with Crippen molar-refractivity contribution in [3.05, 3.63) is 71.5 Å². The number of carbonyl (C=O) groups excluding carboxylic acids is 4. The van der Waals surface area contributed by atoms with E-state index in [1.54, 1.807) is 47.2 Å². The smallest absolute Gasteiger partial charge is 0.406 e. The van der Waals surface area contributed by atoms with Crippen molar-refractivity contribution in [1.29, 1.82) is 0 Å². The minimum absolute atomic E-state index is 0.0386. The number of nitrogens with zero attached hydrogens (tertiary/aromatic N) is 7. The fraction of sp³-hybridized carbons (Fsp3) is 0.560. The lowest BCUT2D eigenvalue weighted by Crippen LogP contribution is -2.58. The summed E-state index contributed by atoms with van der Waals surface area (Å²) in [5.74, 6) is -1.47. The molecule has 3 aromatic heterocycles. The van der Waals surface area contributed by atoms with E-state index in [2.05, 4.69) is 21.9 Å². The molecule has 8 rings (SSSR count). The highest BCUT2D eigenvalue weighted by molar-refractivity contribution is 7.13. The molecule has 1 N–H and O–H groups in total. The van der Waals surface area contributed by atoms with Gasteiger partial charge in [-0.2, -0.15) is 13.2 Å². The second-order valence-electron chi connectivity index (χ2n) is 20.1. The number of pyridine rings is 1. The molecule has 14 nitrogen and oxygen atoms in total. The molecule has 0 saturated carbocycles. The third kappa shape index (κ3) is 10.4. The zero-order chi connectivity index (χ0) is 48.8. The Morgan fingerprint density at radius 2 is 1.91 bits per heavy atom. The number of likely N-dealkylation sites (tertiary alicyclic amines) is 1. The van der Waals surface area contributed by atoms with Crippen molar-refractivity contribution in [2.24, 2.45) is 23.2 Å². The highest BCUT2D eigenvalue weighted by Gasteiger charge is 2.51. The number of alkyl halides is 3. The van der Waals surface area contributed by atoms with E-state index in [1.807, 2.05) is 46.2 Å². The Morgan fingerprint density at radius 1 is 1.13 bits per heavy atom. The van der Waals surface area contributed by atoms with E-state index >= 15 is 0 Å². The van der Waals surface area contributed by atoms with E-state index in [-0.39, 0.29) is 49.0 Å². The number of halogens is 3. The molecule has 3 amide bonds. The molecule has 0 aliphatic carbocycles. The van der Waals surface area contributed by atoms with Crippen LogP contribution in [0.4, 0.5) is 13.2 Å². The topological polar surface area (TPSA) is 142 Å². The summed E-state index contributed by atoms with van der Waals surface area (Å²) >= 11 is 1.38. The second-order valence-corrected chi connectivity index (χ2v) is 21.0. The van der Waals surface area contributed by atoms with Crippen molar-refractivity contribution in [3.8, 4) is 21.8 Å². The van der Waals surface area contributed by atoms with Gasteiger partial charge in [-0.25, -0.2) is 10.4 Å². The maximum atomic E-state index is 14.8. The summed E-state index contributed by atoms with van der Waals surface area (Å²) in [7, 11) is 3.48. The first-order valence-corrected chi connectivity index (χ1v) is 24.5. The largest absolute Gasteiger partial charge is 0.464 e. The van der Waals surface area contributed by atoms with Gasteiger partial charge in [-0.15, -0.1) is 11.3 Å². The maximum Gasteiger partial charge on any atom is 0.406 e. The van der Waals surface area contributed by atoms with Gasteiger partial charge in [0.1, 0.15) is 17.6 Å². The maximum absolute atomic E-state index is 14.8. The van der Waals surface area contributed by atoms with Crippen LogP contribution in [0, 0.1) is 23.2 Å². The van der Waals surface area contributed by atoms with Crippen LogP contribution < -0.4 is 5.43 Å². The van der Waals surface area contributed by atoms with Gasteiger partial charge in [0, 0.05) is 85.3 Å². The van der Waals surface area contributed by atoms with Crippen LogP contribution in [-0.2, 0) is 48.0 Å². The number of likely N-dealkylation sites (N-methyl/N-ethyl adjacent to an activating group) is 1.